The van der Waals surface area contributed by atoms with Gasteiger partial charge in [0, 0.05) is 6.04 Å². The van der Waals surface area contributed by atoms with Gasteiger partial charge in [-0.25, -0.2) is 17.2 Å². The fourth-order valence-electron chi connectivity index (χ4n) is 3.42. The van der Waals surface area contributed by atoms with Crippen molar-refractivity contribution in [2.24, 2.45) is 0 Å². The molecule has 1 fully saturated rings. The third-order valence-corrected chi connectivity index (χ3v) is 6.76. The fourth-order valence-corrected chi connectivity index (χ4v) is 5.06. The third kappa shape index (κ3) is 4.74. The molecule has 2 aromatic carbocycles. The minimum atomic E-state index is -4.00. The van der Waals surface area contributed by atoms with Gasteiger partial charge >= 0.3 is 0 Å². The van der Waals surface area contributed by atoms with Gasteiger partial charge in [0.25, 0.3) is 0 Å². The maximum Gasteiger partial charge on any atom is 0.243 e. The van der Waals surface area contributed by atoms with Crippen molar-refractivity contribution in [3.63, 3.8) is 0 Å². The lowest BCUT2D eigenvalue weighted by Gasteiger charge is -2.33. The molecule has 1 aliphatic rings. The van der Waals surface area contributed by atoms with Gasteiger partial charge in [0.05, 0.1) is 17.1 Å². The fraction of sp³-hybridized carbons (Fsp3) is 0.350. The van der Waals surface area contributed by atoms with E-state index in [2.05, 4.69) is 5.32 Å². The highest BCUT2D eigenvalue weighted by Gasteiger charge is 2.34. The molecular formula is C20H22F2N2O3S. The minimum Gasteiger partial charge on any atom is -0.322 e. The normalized spacial score (nSPS) is 15.5. The van der Waals surface area contributed by atoms with Crippen molar-refractivity contribution in [3.8, 4) is 0 Å². The molecular weight excluding hydrogens is 386 g/mol. The van der Waals surface area contributed by atoms with Gasteiger partial charge in [0.1, 0.15) is 11.6 Å². The molecule has 150 valence electrons. The summed E-state index contributed by atoms with van der Waals surface area (Å²) >= 11 is 0. The highest BCUT2D eigenvalue weighted by molar-refractivity contribution is 7.89. The Morgan fingerprint density at radius 1 is 1.00 bits per heavy atom. The van der Waals surface area contributed by atoms with Gasteiger partial charge in [-0.15, -0.1) is 0 Å². The molecule has 0 saturated heterocycles. The first-order valence-electron chi connectivity index (χ1n) is 9.20. The molecule has 0 heterocycles. The number of anilines is 1. The molecule has 0 spiro atoms. The van der Waals surface area contributed by atoms with E-state index in [1.807, 2.05) is 0 Å². The molecule has 0 aromatic heterocycles. The maximum absolute atomic E-state index is 13.8. The molecule has 0 atom stereocenters. The van der Waals surface area contributed by atoms with Crippen LogP contribution in [0.4, 0.5) is 14.5 Å². The Bertz CT molecular complexity index is 927. The lowest BCUT2D eigenvalue weighted by molar-refractivity contribution is -0.116. The van der Waals surface area contributed by atoms with Crippen molar-refractivity contribution in [1.29, 1.82) is 0 Å². The van der Waals surface area contributed by atoms with Crippen LogP contribution in [0.25, 0.3) is 0 Å². The van der Waals surface area contributed by atoms with Gasteiger partial charge < -0.3 is 5.32 Å². The second kappa shape index (κ2) is 8.79. The molecule has 0 aliphatic heterocycles. The molecule has 5 nitrogen and oxygen atoms in total. The number of nitrogens with one attached hydrogen (secondary N) is 1. The second-order valence-corrected chi connectivity index (χ2v) is 8.71. The van der Waals surface area contributed by atoms with Gasteiger partial charge in [0.15, 0.2) is 0 Å². The van der Waals surface area contributed by atoms with Gasteiger partial charge in [-0.05, 0) is 49.2 Å². The predicted octanol–water partition coefficient (Wildman–Crippen LogP) is 3.93. The molecule has 1 aliphatic carbocycles. The first-order valence-corrected chi connectivity index (χ1v) is 10.6. The van der Waals surface area contributed by atoms with E-state index in [1.54, 1.807) is 6.07 Å². The molecule has 0 unspecified atom stereocenters. The Labute approximate surface area is 163 Å². The summed E-state index contributed by atoms with van der Waals surface area (Å²) in [6.07, 6.45) is 4.05. The summed E-state index contributed by atoms with van der Waals surface area (Å²) in [5, 5.41) is 2.43. The highest BCUT2D eigenvalue weighted by Crippen LogP contribution is 2.28. The Morgan fingerprint density at radius 2 is 1.64 bits per heavy atom. The van der Waals surface area contributed by atoms with E-state index in [0.717, 1.165) is 35.7 Å². The van der Waals surface area contributed by atoms with E-state index in [0.29, 0.717) is 12.8 Å². The van der Waals surface area contributed by atoms with Crippen LogP contribution < -0.4 is 5.32 Å². The summed E-state index contributed by atoms with van der Waals surface area (Å²) in [7, 11) is -4.00. The summed E-state index contributed by atoms with van der Waals surface area (Å²) < 4.78 is 54.5. The molecule has 1 saturated carbocycles. The van der Waals surface area contributed by atoms with Crippen LogP contribution >= 0.6 is 0 Å². The van der Waals surface area contributed by atoms with Gasteiger partial charge in [0.2, 0.25) is 15.9 Å². The van der Waals surface area contributed by atoms with Crippen molar-refractivity contribution >= 4 is 21.6 Å². The van der Waals surface area contributed by atoms with E-state index < -0.39 is 34.1 Å². The van der Waals surface area contributed by atoms with Crippen LogP contribution in [0.15, 0.2) is 53.4 Å². The quantitative estimate of drug-likeness (QED) is 0.788. The second-order valence-electron chi connectivity index (χ2n) is 6.82. The lowest BCUT2D eigenvalue weighted by Crippen LogP contribution is -2.45. The molecule has 0 bridgehead atoms. The molecule has 2 aromatic rings. The van der Waals surface area contributed by atoms with Gasteiger partial charge in [-0.1, -0.05) is 31.4 Å². The van der Waals surface area contributed by atoms with Crippen molar-refractivity contribution < 1.29 is 22.0 Å². The molecule has 3 rings (SSSR count). The number of para-hydroxylation sites is 1. The minimum absolute atomic E-state index is 0.00438. The third-order valence-electron chi connectivity index (χ3n) is 4.85. The number of nitrogens with zero attached hydrogens (tertiary/aromatic N) is 1. The number of hydrogen-bond donors (Lipinski definition) is 1. The number of carbonyl (C=O) groups is 1. The van der Waals surface area contributed by atoms with Gasteiger partial charge in [-0.2, -0.15) is 4.31 Å². The van der Waals surface area contributed by atoms with Crippen LogP contribution in [0.1, 0.15) is 32.1 Å². The van der Waals surface area contributed by atoms with Crippen molar-refractivity contribution in [2.45, 2.75) is 43.0 Å². The average molecular weight is 408 g/mol. The standard InChI is InChI=1S/C20H22F2N2O3S/c21-15-10-12-17(13-11-15)28(26,27)24(16-6-2-1-3-7-16)14-20(25)23-19-9-5-4-8-18(19)22/h4-5,8-13,16H,1-3,6-7,14H2,(H,23,25). The zero-order chi connectivity index (χ0) is 20.1. The van der Waals surface area contributed by atoms with E-state index in [9.17, 15) is 22.0 Å². The topological polar surface area (TPSA) is 66.5 Å². The lowest BCUT2D eigenvalue weighted by atomic mass is 9.95. The maximum atomic E-state index is 13.8. The number of benzene rings is 2. The number of halogens is 2. The summed E-state index contributed by atoms with van der Waals surface area (Å²) in [4.78, 5) is 12.4. The largest absolute Gasteiger partial charge is 0.322 e. The smallest absolute Gasteiger partial charge is 0.243 e. The van der Waals surface area contributed by atoms with Gasteiger partial charge in [-0.3, -0.25) is 4.79 Å². The summed E-state index contributed by atoms with van der Waals surface area (Å²) in [5.41, 5.74) is -0.00438. The first-order chi connectivity index (χ1) is 13.4. The van der Waals surface area contributed by atoms with Crippen LogP contribution in [0.2, 0.25) is 0 Å². The van der Waals surface area contributed by atoms with E-state index >= 15 is 0 Å². The Hall–Kier alpha value is -2.32. The van der Waals surface area contributed by atoms with Crippen LogP contribution in [0.5, 0.6) is 0 Å². The predicted molar refractivity (Wildman–Crippen MR) is 102 cm³/mol. The summed E-state index contributed by atoms with van der Waals surface area (Å²) in [6.45, 7) is -0.432. The van der Waals surface area contributed by atoms with Crippen LogP contribution in [-0.2, 0) is 14.8 Å². The molecule has 28 heavy (non-hydrogen) atoms. The number of hydrogen-bond acceptors (Lipinski definition) is 3. The first kappa shape index (κ1) is 20.4. The zero-order valence-corrected chi connectivity index (χ0v) is 16.1. The molecule has 0 radical (unpaired) electrons. The molecule has 1 amide bonds. The highest BCUT2D eigenvalue weighted by atomic mass is 32.2. The Kier molecular flexibility index (Phi) is 6.41. The van der Waals surface area contributed by atoms with E-state index in [4.69, 9.17) is 0 Å². The number of sulfonamides is 1. The summed E-state index contributed by atoms with van der Waals surface area (Å²) in [6, 6.07) is 9.90. The average Bonchev–Trinajstić information content (AvgIpc) is 2.69. The van der Waals surface area contributed by atoms with E-state index in [-0.39, 0.29) is 16.6 Å². The van der Waals surface area contributed by atoms with Crippen molar-refractivity contribution in [1.82, 2.24) is 4.31 Å². The van der Waals surface area contributed by atoms with E-state index in [1.165, 1.54) is 30.3 Å². The van der Waals surface area contributed by atoms with Crippen LogP contribution in [-0.4, -0.2) is 31.2 Å². The summed E-state index contributed by atoms with van der Waals surface area (Å²) in [5.74, 6) is -1.76. The zero-order valence-electron chi connectivity index (χ0n) is 15.3. The Balaban J connectivity index is 1.85. The molecule has 1 N–H and O–H groups in total. The Morgan fingerprint density at radius 3 is 2.29 bits per heavy atom. The number of carbonyl (C=O) groups excluding carboxylic acids is 1. The SMILES string of the molecule is O=C(CN(C1CCCCC1)S(=O)(=O)c1ccc(F)cc1)Nc1ccccc1F. The van der Waals surface area contributed by atoms with Crippen molar-refractivity contribution in [2.75, 3.05) is 11.9 Å². The van der Waals surface area contributed by atoms with Crippen molar-refractivity contribution in [3.05, 3.63) is 60.2 Å². The van der Waals surface area contributed by atoms with Crippen LogP contribution in [0.3, 0.4) is 0 Å². The van der Waals surface area contributed by atoms with Crippen LogP contribution in [0, 0.1) is 11.6 Å². The number of rotatable bonds is 6. The molecule has 8 heteroatoms. The monoisotopic (exact) mass is 408 g/mol. The number of amides is 1.